The minimum atomic E-state index is -4.38. The molecule has 1 atom stereocenters. The van der Waals surface area contributed by atoms with Crippen molar-refractivity contribution in [2.75, 3.05) is 5.32 Å². The van der Waals surface area contributed by atoms with Crippen LogP contribution in [0.2, 0.25) is 5.02 Å². The zero-order chi connectivity index (χ0) is 15.6. The molecule has 2 rings (SSSR count). The average molecular weight is 314 g/mol. The molecule has 1 unspecified atom stereocenters. The summed E-state index contributed by atoms with van der Waals surface area (Å²) in [5.74, 6) is 0. The number of alkyl halides is 3. The second kappa shape index (κ2) is 5.98. The van der Waals surface area contributed by atoms with E-state index >= 15 is 0 Å². The van der Waals surface area contributed by atoms with Crippen LogP contribution in [0, 0.1) is 6.92 Å². The average Bonchev–Trinajstić information content (AvgIpc) is 2.40. The van der Waals surface area contributed by atoms with Gasteiger partial charge in [-0.25, -0.2) is 0 Å². The summed E-state index contributed by atoms with van der Waals surface area (Å²) < 4.78 is 37.8. The van der Waals surface area contributed by atoms with Crippen LogP contribution >= 0.6 is 11.6 Å². The molecule has 0 aliphatic carbocycles. The van der Waals surface area contributed by atoms with Crippen molar-refractivity contribution >= 4 is 17.3 Å². The second-order valence-corrected chi connectivity index (χ2v) is 5.38. The summed E-state index contributed by atoms with van der Waals surface area (Å²) in [4.78, 5) is 0. The molecule has 0 aliphatic rings. The minimum absolute atomic E-state index is 0.0557. The summed E-state index contributed by atoms with van der Waals surface area (Å²) in [6, 6.07) is 11.2. The van der Waals surface area contributed by atoms with E-state index in [1.807, 2.05) is 38.1 Å². The van der Waals surface area contributed by atoms with E-state index in [0.29, 0.717) is 5.69 Å². The lowest BCUT2D eigenvalue weighted by atomic mass is 10.1. The molecule has 0 saturated carbocycles. The van der Waals surface area contributed by atoms with Crippen molar-refractivity contribution in [3.05, 3.63) is 64.2 Å². The lowest BCUT2D eigenvalue weighted by molar-refractivity contribution is -0.137. The molecule has 5 heteroatoms. The molecule has 2 aromatic rings. The normalized spacial score (nSPS) is 13.0. The van der Waals surface area contributed by atoms with Crippen molar-refractivity contribution in [2.24, 2.45) is 0 Å². The topological polar surface area (TPSA) is 12.0 Å². The molecule has 0 heterocycles. The SMILES string of the molecule is Cc1ccc(C(C)Nc2ccc(C(F)(F)F)cc2Cl)cc1. The van der Waals surface area contributed by atoms with E-state index in [0.717, 1.165) is 23.3 Å². The summed E-state index contributed by atoms with van der Waals surface area (Å²) >= 11 is 5.93. The van der Waals surface area contributed by atoms with E-state index in [1.165, 1.54) is 6.07 Å². The zero-order valence-corrected chi connectivity index (χ0v) is 12.4. The molecule has 112 valence electrons. The van der Waals surface area contributed by atoms with Gasteiger partial charge >= 0.3 is 6.18 Å². The molecule has 2 aromatic carbocycles. The molecule has 0 aromatic heterocycles. The van der Waals surface area contributed by atoms with Gasteiger partial charge in [0.25, 0.3) is 0 Å². The van der Waals surface area contributed by atoms with Gasteiger partial charge in [-0.2, -0.15) is 13.2 Å². The van der Waals surface area contributed by atoms with E-state index in [1.54, 1.807) is 0 Å². The Morgan fingerprint density at radius 1 is 1.05 bits per heavy atom. The monoisotopic (exact) mass is 313 g/mol. The summed E-state index contributed by atoms with van der Waals surface area (Å²) in [5.41, 5.74) is 1.92. The highest BCUT2D eigenvalue weighted by molar-refractivity contribution is 6.33. The quantitative estimate of drug-likeness (QED) is 0.750. The van der Waals surface area contributed by atoms with Crippen LogP contribution in [-0.2, 0) is 6.18 Å². The van der Waals surface area contributed by atoms with E-state index in [4.69, 9.17) is 11.6 Å². The van der Waals surface area contributed by atoms with Gasteiger partial charge in [-0.1, -0.05) is 41.4 Å². The van der Waals surface area contributed by atoms with E-state index in [2.05, 4.69) is 5.32 Å². The molecule has 0 fully saturated rings. The Bertz CT molecular complexity index is 620. The van der Waals surface area contributed by atoms with Gasteiger partial charge in [-0.3, -0.25) is 0 Å². The number of anilines is 1. The molecular weight excluding hydrogens is 299 g/mol. The fraction of sp³-hybridized carbons (Fsp3) is 0.250. The van der Waals surface area contributed by atoms with E-state index in [-0.39, 0.29) is 11.1 Å². The van der Waals surface area contributed by atoms with Crippen molar-refractivity contribution in [1.82, 2.24) is 0 Å². The first kappa shape index (κ1) is 15.7. The first-order chi connectivity index (χ1) is 9.77. The van der Waals surface area contributed by atoms with Gasteiger partial charge in [0.05, 0.1) is 16.3 Å². The lowest BCUT2D eigenvalue weighted by Gasteiger charge is -2.18. The van der Waals surface area contributed by atoms with Gasteiger partial charge in [0.1, 0.15) is 0 Å². The van der Waals surface area contributed by atoms with Crippen molar-refractivity contribution < 1.29 is 13.2 Å². The first-order valence-electron chi connectivity index (χ1n) is 6.47. The maximum atomic E-state index is 12.6. The number of halogens is 4. The number of benzene rings is 2. The fourth-order valence-electron chi connectivity index (χ4n) is 1.98. The number of aryl methyl sites for hydroxylation is 1. The molecule has 21 heavy (non-hydrogen) atoms. The summed E-state index contributed by atoms with van der Waals surface area (Å²) in [6.07, 6.45) is -4.38. The maximum Gasteiger partial charge on any atom is 0.416 e. The van der Waals surface area contributed by atoms with Crippen molar-refractivity contribution in [1.29, 1.82) is 0 Å². The molecule has 0 spiro atoms. The van der Waals surface area contributed by atoms with Gasteiger partial charge in [-0.15, -0.1) is 0 Å². The molecule has 0 saturated heterocycles. The highest BCUT2D eigenvalue weighted by Gasteiger charge is 2.30. The van der Waals surface area contributed by atoms with Crippen LogP contribution in [0.5, 0.6) is 0 Å². The van der Waals surface area contributed by atoms with Crippen molar-refractivity contribution in [3.63, 3.8) is 0 Å². The molecule has 1 N–H and O–H groups in total. The van der Waals surface area contributed by atoms with Crippen LogP contribution in [-0.4, -0.2) is 0 Å². The zero-order valence-electron chi connectivity index (χ0n) is 11.6. The van der Waals surface area contributed by atoms with Gasteiger partial charge in [0, 0.05) is 6.04 Å². The Morgan fingerprint density at radius 3 is 2.19 bits per heavy atom. The number of hydrogen-bond donors (Lipinski definition) is 1. The Labute approximate surface area is 126 Å². The van der Waals surface area contributed by atoms with Crippen LogP contribution in [0.4, 0.5) is 18.9 Å². The number of nitrogens with one attached hydrogen (secondary N) is 1. The van der Waals surface area contributed by atoms with Crippen LogP contribution in [0.25, 0.3) is 0 Å². The summed E-state index contributed by atoms with van der Waals surface area (Å²) in [5, 5.41) is 3.18. The first-order valence-corrected chi connectivity index (χ1v) is 6.85. The highest BCUT2D eigenvalue weighted by Crippen LogP contribution is 2.34. The van der Waals surface area contributed by atoms with Crippen LogP contribution in [0.1, 0.15) is 29.7 Å². The Hall–Kier alpha value is -1.68. The van der Waals surface area contributed by atoms with E-state index in [9.17, 15) is 13.2 Å². The molecule has 0 radical (unpaired) electrons. The Balaban J connectivity index is 2.18. The van der Waals surface area contributed by atoms with Crippen LogP contribution in [0.3, 0.4) is 0 Å². The lowest BCUT2D eigenvalue weighted by Crippen LogP contribution is -2.09. The Morgan fingerprint density at radius 2 is 1.67 bits per heavy atom. The van der Waals surface area contributed by atoms with E-state index < -0.39 is 11.7 Å². The van der Waals surface area contributed by atoms with Crippen molar-refractivity contribution in [3.8, 4) is 0 Å². The standard InChI is InChI=1S/C16H15ClF3N/c1-10-3-5-12(6-4-10)11(2)21-15-8-7-13(9-14(15)17)16(18,19)20/h3-9,11,21H,1-2H3. The van der Waals surface area contributed by atoms with Crippen LogP contribution < -0.4 is 5.32 Å². The smallest absolute Gasteiger partial charge is 0.377 e. The maximum absolute atomic E-state index is 12.6. The minimum Gasteiger partial charge on any atom is -0.377 e. The summed E-state index contributed by atoms with van der Waals surface area (Å²) in [7, 11) is 0. The van der Waals surface area contributed by atoms with Crippen molar-refractivity contribution in [2.45, 2.75) is 26.1 Å². The largest absolute Gasteiger partial charge is 0.416 e. The number of hydrogen-bond acceptors (Lipinski definition) is 1. The van der Waals surface area contributed by atoms with Gasteiger partial charge < -0.3 is 5.32 Å². The van der Waals surface area contributed by atoms with Gasteiger partial charge in [0.15, 0.2) is 0 Å². The third kappa shape index (κ3) is 3.91. The van der Waals surface area contributed by atoms with Gasteiger partial charge in [-0.05, 0) is 37.6 Å². The molecule has 0 aliphatic heterocycles. The van der Waals surface area contributed by atoms with Crippen LogP contribution in [0.15, 0.2) is 42.5 Å². The third-order valence-corrected chi connectivity index (χ3v) is 3.56. The highest BCUT2D eigenvalue weighted by atomic mass is 35.5. The summed E-state index contributed by atoms with van der Waals surface area (Å²) in [6.45, 7) is 3.92. The predicted molar refractivity (Wildman–Crippen MR) is 79.7 cm³/mol. The Kier molecular flexibility index (Phi) is 4.47. The molecular formula is C16H15ClF3N. The fourth-order valence-corrected chi connectivity index (χ4v) is 2.22. The molecule has 0 amide bonds. The molecule has 0 bridgehead atoms. The third-order valence-electron chi connectivity index (χ3n) is 3.25. The van der Waals surface area contributed by atoms with Gasteiger partial charge in [0.2, 0.25) is 0 Å². The predicted octanol–water partition coefficient (Wildman–Crippen LogP) is 5.84. The number of rotatable bonds is 3. The molecule has 1 nitrogen and oxygen atoms in total. The second-order valence-electron chi connectivity index (χ2n) is 4.97.